The van der Waals surface area contributed by atoms with Gasteiger partial charge in [-0.25, -0.2) is 0 Å². The summed E-state index contributed by atoms with van der Waals surface area (Å²) in [6, 6.07) is 10.1. The van der Waals surface area contributed by atoms with E-state index in [-0.39, 0.29) is 47.9 Å². The number of carbonyl (C=O) groups excluding carboxylic acids is 3. The fraction of sp³-hybridized carbons (Fsp3) is 0.450. The minimum Gasteiger partial charge on any atom is -0.355 e. The second-order valence-corrected chi connectivity index (χ2v) is 8.30. The first kappa shape index (κ1) is 17.3. The maximum absolute atomic E-state index is 12.5. The third-order valence-corrected chi connectivity index (χ3v) is 6.62. The number of imide groups is 1. The topological polar surface area (TPSA) is 66.5 Å². The van der Waals surface area contributed by atoms with Crippen LogP contribution in [0.2, 0.25) is 0 Å². The molecule has 1 N–H and O–H groups in total. The van der Waals surface area contributed by atoms with Crippen LogP contribution in [0, 0.1) is 23.7 Å². The molecule has 136 valence electrons. The Kier molecular flexibility index (Phi) is 4.85. The molecule has 1 heterocycles. The van der Waals surface area contributed by atoms with Gasteiger partial charge in [0.05, 0.1) is 11.8 Å². The largest absolute Gasteiger partial charge is 0.355 e. The van der Waals surface area contributed by atoms with Crippen LogP contribution in [0.3, 0.4) is 0 Å². The Morgan fingerprint density at radius 2 is 1.73 bits per heavy atom. The number of thioether (sulfide) groups is 1. The van der Waals surface area contributed by atoms with E-state index in [1.807, 2.05) is 18.2 Å². The molecule has 1 aromatic rings. The molecule has 3 amide bonds. The van der Waals surface area contributed by atoms with Gasteiger partial charge >= 0.3 is 0 Å². The zero-order chi connectivity index (χ0) is 18.1. The van der Waals surface area contributed by atoms with Crippen molar-refractivity contribution in [2.75, 3.05) is 18.8 Å². The Labute approximate surface area is 157 Å². The molecule has 4 unspecified atom stereocenters. The van der Waals surface area contributed by atoms with Crippen molar-refractivity contribution in [1.82, 2.24) is 10.2 Å². The molecule has 4 rings (SSSR count). The van der Waals surface area contributed by atoms with Gasteiger partial charge in [-0.1, -0.05) is 30.4 Å². The molecule has 5 nitrogen and oxygen atoms in total. The standard InChI is InChI=1S/C20H22N2O3S/c23-16(21-9-4-10-26-15-5-2-1-3-6-15)12-22-19(24)17-13-7-8-14(11-13)18(17)20(22)25/h1-3,5-8,13-14,17-18H,4,9-12H2,(H,21,23). The monoisotopic (exact) mass is 370 g/mol. The summed E-state index contributed by atoms with van der Waals surface area (Å²) in [7, 11) is 0. The molecule has 1 saturated heterocycles. The van der Waals surface area contributed by atoms with Crippen LogP contribution >= 0.6 is 11.8 Å². The van der Waals surface area contributed by atoms with Crippen LogP contribution in [0.4, 0.5) is 0 Å². The molecule has 26 heavy (non-hydrogen) atoms. The minimum absolute atomic E-state index is 0.143. The Morgan fingerprint density at radius 1 is 1.08 bits per heavy atom. The first-order chi connectivity index (χ1) is 12.6. The number of amides is 3. The van der Waals surface area contributed by atoms with Gasteiger partial charge in [-0.3, -0.25) is 19.3 Å². The predicted octanol–water partition coefficient (Wildman–Crippen LogP) is 2.09. The number of benzene rings is 1. The van der Waals surface area contributed by atoms with Crippen LogP contribution in [-0.2, 0) is 14.4 Å². The summed E-state index contributed by atoms with van der Waals surface area (Å²) in [5, 5.41) is 2.83. The second kappa shape index (κ2) is 7.27. The Morgan fingerprint density at radius 3 is 2.38 bits per heavy atom. The van der Waals surface area contributed by atoms with Crippen molar-refractivity contribution in [2.24, 2.45) is 23.7 Å². The molecule has 1 aliphatic heterocycles. The molecule has 6 heteroatoms. The predicted molar refractivity (Wildman–Crippen MR) is 99.2 cm³/mol. The zero-order valence-electron chi connectivity index (χ0n) is 14.5. The summed E-state index contributed by atoms with van der Waals surface area (Å²) in [6.45, 7) is 0.407. The lowest BCUT2D eigenvalue weighted by atomic mass is 9.85. The molecule has 1 saturated carbocycles. The van der Waals surface area contributed by atoms with Crippen molar-refractivity contribution in [1.29, 1.82) is 0 Å². The van der Waals surface area contributed by atoms with E-state index >= 15 is 0 Å². The first-order valence-corrected chi connectivity index (χ1v) is 10.1. The lowest BCUT2D eigenvalue weighted by Crippen LogP contribution is -2.42. The summed E-state index contributed by atoms with van der Waals surface area (Å²) in [5.74, 6) is 0.245. The fourth-order valence-corrected chi connectivity index (χ4v) is 5.20. The number of likely N-dealkylation sites (tertiary alicyclic amines) is 1. The molecule has 0 radical (unpaired) electrons. The highest BCUT2D eigenvalue weighted by Gasteiger charge is 2.59. The second-order valence-electron chi connectivity index (χ2n) is 7.13. The molecule has 4 atom stereocenters. The molecule has 2 bridgehead atoms. The number of nitrogens with one attached hydrogen (secondary N) is 1. The zero-order valence-corrected chi connectivity index (χ0v) is 15.3. The Hall–Kier alpha value is -2.08. The van der Waals surface area contributed by atoms with Gasteiger partial charge in [0.2, 0.25) is 17.7 Å². The van der Waals surface area contributed by atoms with Gasteiger partial charge in [0.25, 0.3) is 0 Å². The van der Waals surface area contributed by atoms with E-state index in [0.29, 0.717) is 6.54 Å². The Bertz CT molecular complexity index is 719. The van der Waals surface area contributed by atoms with Crippen LogP contribution in [0.5, 0.6) is 0 Å². The molecule has 2 aliphatic carbocycles. The summed E-state index contributed by atoms with van der Waals surface area (Å²) in [6.07, 6.45) is 5.87. The van der Waals surface area contributed by atoms with Crippen LogP contribution in [0.1, 0.15) is 12.8 Å². The van der Waals surface area contributed by atoms with Gasteiger partial charge in [0.15, 0.2) is 0 Å². The highest BCUT2D eigenvalue weighted by Crippen LogP contribution is 2.52. The first-order valence-electron chi connectivity index (χ1n) is 9.13. The average Bonchev–Trinajstić information content (AvgIpc) is 3.32. The minimum atomic E-state index is -0.253. The maximum atomic E-state index is 12.5. The van der Waals surface area contributed by atoms with Gasteiger partial charge in [-0.15, -0.1) is 11.8 Å². The number of fused-ring (bicyclic) bond motifs is 5. The number of rotatable bonds is 7. The van der Waals surface area contributed by atoms with Gasteiger partial charge < -0.3 is 5.32 Å². The van der Waals surface area contributed by atoms with E-state index in [0.717, 1.165) is 18.6 Å². The van der Waals surface area contributed by atoms with Crippen molar-refractivity contribution in [3.05, 3.63) is 42.5 Å². The van der Waals surface area contributed by atoms with Gasteiger partial charge in [-0.05, 0) is 42.6 Å². The Balaban J connectivity index is 1.21. The van der Waals surface area contributed by atoms with Crippen LogP contribution in [0.15, 0.2) is 47.4 Å². The molecule has 1 aromatic carbocycles. The summed E-state index contributed by atoms with van der Waals surface area (Å²) < 4.78 is 0. The highest BCUT2D eigenvalue weighted by atomic mass is 32.2. The highest BCUT2D eigenvalue weighted by molar-refractivity contribution is 7.99. The SMILES string of the molecule is O=C(CN1C(=O)C2C3C=CC(C3)C2C1=O)NCCCSc1ccccc1. The van der Waals surface area contributed by atoms with E-state index in [4.69, 9.17) is 0 Å². The number of hydrogen-bond donors (Lipinski definition) is 1. The third kappa shape index (κ3) is 3.18. The number of hydrogen-bond acceptors (Lipinski definition) is 4. The molecular formula is C20H22N2O3S. The van der Waals surface area contributed by atoms with Crippen molar-refractivity contribution in [2.45, 2.75) is 17.7 Å². The van der Waals surface area contributed by atoms with E-state index in [9.17, 15) is 14.4 Å². The van der Waals surface area contributed by atoms with Gasteiger partial charge in [0, 0.05) is 11.4 Å². The quantitative estimate of drug-likeness (QED) is 0.345. The lowest BCUT2D eigenvalue weighted by molar-refractivity contribution is -0.144. The summed E-state index contributed by atoms with van der Waals surface area (Å²) >= 11 is 1.75. The number of nitrogens with zero attached hydrogens (tertiary/aromatic N) is 1. The van der Waals surface area contributed by atoms with Crippen molar-refractivity contribution < 1.29 is 14.4 Å². The van der Waals surface area contributed by atoms with Crippen LogP contribution < -0.4 is 5.32 Å². The maximum Gasteiger partial charge on any atom is 0.240 e. The summed E-state index contributed by atoms with van der Waals surface area (Å²) in [4.78, 5) is 39.6. The molecule has 0 aromatic heterocycles. The molecular weight excluding hydrogens is 348 g/mol. The summed E-state index contributed by atoms with van der Waals surface area (Å²) in [5.41, 5.74) is 0. The van der Waals surface area contributed by atoms with Crippen molar-refractivity contribution >= 4 is 29.5 Å². The van der Waals surface area contributed by atoms with E-state index < -0.39 is 0 Å². The van der Waals surface area contributed by atoms with Crippen molar-refractivity contribution in [3.63, 3.8) is 0 Å². The molecule has 2 fully saturated rings. The van der Waals surface area contributed by atoms with Gasteiger partial charge in [0.1, 0.15) is 6.54 Å². The number of carbonyl (C=O) groups is 3. The molecule has 0 spiro atoms. The molecule has 3 aliphatic rings. The normalized spacial score (nSPS) is 28.7. The van der Waals surface area contributed by atoms with Gasteiger partial charge in [-0.2, -0.15) is 0 Å². The van der Waals surface area contributed by atoms with Crippen LogP contribution in [-0.4, -0.2) is 41.5 Å². The van der Waals surface area contributed by atoms with Crippen LogP contribution in [0.25, 0.3) is 0 Å². The number of allylic oxidation sites excluding steroid dienone is 2. The fourth-order valence-electron chi connectivity index (χ4n) is 4.33. The average molecular weight is 370 g/mol. The van der Waals surface area contributed by atoms with E-state index in [2.05, 4.69) is 29.6 Å². The van der Waals surface area contributed by atoms with Crippen molar-refractivity contribution in [3.8, 4) is 0 Å². The third-order valence-electron chi connectivity index (χ3n) is 5.52. The van der Waals surface area contributed by atoms with E-state index in [1.54, 1.807) is 11.8 Å². The van der Waals surface area contributed by atoms with E-state index in [1.165, 1.54) is 9.80 Å². The lowest BCUT2D eigenvalue weighted by Gasteiger charge is -2.16. The smallest absolute Gasteiger partial charge is 0.240 e.